The lowest BCUT2D eigenvalue weighted by Gasteiger charge is -2.49. The number of pyridine rings is 1. The topological polar surface area (TPSA) is 187 Å². The molecule has 3 fully saturated rings. The second-order valence-electron chi connectivity index (χ2n) is 18.6. The van der Waals surface area contributed by atoms with Crippen molar-refractivity contribution in [3.63, 3.8) is 0 Å². The number of fused-ring (bicyclic) bond motifs is 3. The number of benzene rings is 2. The van der Waals surface area contributed by atoms with E-state index in [-0.39, 0.29) is 18.2 Å². The van der Waals surface area contributed by atoms with Gasteiger partial charge in [0.05, 0.1) is 42.6 Å². The van der Waals surface area contributed by atoms with Crippen LogP contribution in [-0.2, 0) is 40.8 Å². The number of urea groups is 1. The van der Waals surface area contributed by atoms with Crippen LogP contribution in [0.4, 0.5) is 44.1 Å². The maximum atomic E-state index is 13.4. The van der Waals surface area contributed by atoms with Crippen molar-refractivity contribution in [3.05, 3.63) is 77.2 Å². The molecule has 8 heterocycles. The fraction of sp³-hybridized carbons (Fsp3) is 0.447. The van der Waals surface area contributed by atoms with Gasteiger partial charge in [-0.2, -0.15) is 5.10 Å². The molecule has 5 aromatic rings. The third-order valence-corrected chi connectivity index (χ3v) is 13.1. The van der Waals surface area contributed by atoms with Crippen molar-refractivity contribution < 1.29 is 28.7 Å². The molecule has 19 heteroatoms. The summed E-state index contributed by atoms with van der Waals surface area (Å²) >= 11 is 0. The van der Waals surface area contributed by atoms with E-state index in [0.717, 1.165) is 89.5 Å². The zero-order chi connectivity index (χ0) is 45.9. The van der Waals surface area contributed by atoms with E-state index >= 15 is 0 Å². The highest BCUT2D eigenvalue weighted by atomic mass is 16.6. The average Bonchev–Trinajstić information content (AvgIpc) is 3.60. The molecule has 0 bridgehead atoms. The highest BCUT2D eigenvalue weighted by Gasteiger charge is 2.36. The number of anilines is 6. The summed E-state index contributed by atoms with van der Waals surface area (Å²) in [5, 5.41) is 11.2. The molecule has 3 saturated heterocycles. The zero-order valence-electron chi connectivity index (χ0n) is 38.0. The first-order chi connectivity index (χ1) is 31.7. The van der Waals surface area contributed by atoms with Crippen LogP contribution in [0.2, 0.25) is 0 Å². The highest BCUT2D eigenvalue weighted by molar-refractivity contribution is 6.09. The molecule has 2 aromatic carbocycles. The van der Waals surface area contributed by atoms with E-state index in [0.29, 0.717) is 75.1 Å². The van der Waals surface area contributed by atoms with Gasteiger partial charge in [0, 0.05) is 100 Å². The van der Waals surface area contributed by atoms with E-state index in [1.165, 1.54) is 4.90 Å². The Kier molecular flexibility index (Phi) is 11.1. The number of rotatable bonds is 8. The second-order valence-corrected chi connectivity index (χ2v) is 18.6. The number of carbonyl (C=O) groups is 4. The molecule has 5 aliphatic heterocycles. The lowest BCUT2D eigenvalue weighted by atomic mass is 10.0. The Morgan fingerprint density at radius 3 is 2.47 bits per heavy atom. The van der Waals surface area contributed by atoms with Crippen LogP contribution in [0.25, 0.3) is 10.9 Å². The Bertz CT molecular complexity index is 2720. The van der Waals surface area contributed by atoms with Crippen LogP contribution in [0, 0.1) is 6.92 Å². The van der Waals surface area contributed by atoms with Crippen LogP contribution in [0.3, 0.4) is 0 Å². The van der Waals surface area contributed by atoms with Gasteiger partial charge in [-0.1, -0.05) is 12.1 Å². The molecule has 66 heavy (non-hydrogen) atoms. The van der Waals surface area contributed by atoms with Crippen molar-refractivity contribution in [1.29, 1.82) is 0 Å². The number of carbonyl (C=O) groups excluding carboxylic acids is 4. The Morgan fingerprint density at radius 2 is 1.71 bits per heavy atom. The van der Waals surface area contributed by atoms with Gasteiger partial charge in [-0.15, -0.1) is 0 Å². The summed E-state index contributed by atoms with van der Waals surface area (Å²) in [7, 11) is 1.87. The molecule has 0 saturated carbocycles. The number of nitrogens with zero attached hydrogens (tertiary/aromatic N) is 11. The van der Waals surface area contributed by atoms with Crippen LogP contribution in [0.5, 0.6) is 5.88 Å². The first-order valence-corrected chi connectivity index (χ1v) is 22.7. The summed E-state index contributed by atoms with van der Waals surface area (Å²) in [6.07, 6.45) is 4.62. The van der Waals surface area contributed by atoms with Gasteiger partial charge in [-0.05, 0) is 75.6 Å². The molecular weight excluding hydrogens is 843 g/mol. The summed E-state index contributed by atoms with van der Waals surface area (Å²) in [6, 6.07) is 14.0. The molecule has 0 unspecified atom stereocenters. The number of ether oxygens (including phenoxy) is 2. The van der Waals surface area contributed by atoms with Crippen LogP contribution >= 0.6 is 0 Å². The first kappa shape index (κ1) is 42.9. The summed E-state index contributed by atoms with van der Waals surface area (Å²) in [4.78, 5) is 77.1. The summed E-state index contributed by atoms with van der Waals surface area (Å²) in [5.74, 6) is 1.33. The molecule has 0 aliphatic carbocycles. The largest absolute Gasteiger partial charge is 0.474 e. The van der Waals surface area contributed by atoms with Crippen molar-refractivity contribution in [2.24, 2.45) is 7.05 Å². The molecule has 0 radical (unpaired) electrons. The van der Waals surface area contributed by atoms with Crippen LogP contribution in [-0.4, -0.2) is 136 Å². The van der Waals surface area contributed by atoms with Gasteiger partial charge in [0.15, 0.2) is 5.82 Å². The SMILES string of the molecule is Cc1c(N2CCc3cnc(Nc4ccc(CC(=O)N5CCN(C6CN(c7ccc8c(N9CCC(=O)NC9=O)nn(C)c8c7)C6)CC5)cc4)nc3C2)cnc2c1N(C(=O)OC(C)(C)C)CCO2. The van der Waals surface area contributed by atoms with E-state index < -0.39 is 17.7 Å². The van der Waals surface area contributed by atoms with E-state index in [4.69, 9.17) is 14.5 Å². The predicted molar refractivity (Wildman–Crippen MR) is 249 cm³/mol. The Balaban J connectivity index is 0.702. The molecule has 0 atom stereocenters. The molecule has 3 aromatic heterocycles. The number of piperazine rings is 1. The maximum absolute atomic E-state index is 13.4. The van der Waals surface area contributed by atoms with Crippen molar-refractivity contribution in [1.82, 2.24) is 39.8 Å². The quantitative estimate of drug-likeness (QED) is 0.221. The Labute approximate surface area is 382 Å². The smallest absolute Gasteiger partial charge is 0.415 e. The number of aromatic nitrogens is 5. The number of aryl methyl sites for hydroxylation is 1. The average molecular weight is 898 g/mol. The van der Waals surface area contributed by atoms with Crippen LogP contribution < -0.4 is 35.0 Å². The second kappa shape index (κ2) is 17.1. The van der Waals surface area contributed by atoms with Gasteiger partial charge >= 0.3 is 12.1 Å². The number of imide groups is 1. The molecule has 2 N–H and O–H groups in total. The minimum atomic E-state index is -0.630. The van der Waals surface area contributed by atoms with E-state index in [1.54, 1.807) is 9.58 Å². The molecule has 10 rings (SSSR count). The zero-order valence-corrected chi connectivity index (χ0v) is 38.0. The number of hydrogen-bond acceptors (Lipinski definition) is 14. The third-order valence-electron chi connectivity index (χ3n) is 13.1. The molecule has 0 spiro atoms. The van der Waals surface area contributed by atoms with Gasteiger partial charge in [0.25, 0.3) is 0 Å². The standard InChI is InChI=1S/C47H55N13O6/c1-29-38(25-48-43-41(29)59(20-21-65-43)46(64)66-47(2,3)4)57-14-12-31-24-49-44(51-36(31)28-57)50-32-8-6-30(7-9-32)22-40(62)56-18-16-55(17-19-56)34-26-58(27-34)33-10-11-35-37(23-33)54(5)53-42(35)60-15-13-39(61)52-45(60)63/h6-11,23-25,34H,12-22,26-28H2,1-5H3,(H,49,50,51)(H,52,61,63). The van der Waals surface area contributed by atoms with Crippen molar-refractivity contribution in [3.8, 4) is 5.88 Å². The maximum Gasteiger partial charge on any atom is 0.415 e. The normalized spacial score (nSPS) is 18.1. The lowest BCUT2D eigenvalue weighted by molar-refractivity contribution is -0.132. The molecule has 19 nitrogen and oxygen atoms in total. The molecular formula is C47H55N13O6. The molecule has 344 valence electrons. The van der Waals surface area contributed by atoms with E-state index in [1.807, 2.05) is 82.4 Å². The number of amides is 5. The van der Waals surface area contributed by atoms with Crippen molar-refractivity contribution >= 4 is 69.4 Å². The summed E-state index contributed by atoms with van der Waals surface area (Å²) in [6.45, 7) is 14.7. The minimum Gasteiger partial charge on any atom is -0.474 e. The Hall–Kier alpha value is -7.02. The van der Waals surface area contributed by atoms with Gasteiger partial charge < -0.3 is 29.5 Å². The molecule has 5 amide bonds. The van der Waals surface area contributed by atoms with E-state index in [9.17, 15) is 19.2 Å². The minimum absolute atomic E-state index is 0.125. The highest BCUT2D eigenvalue weighted by Crippen LogP contribution is 2.40. The van der Waals surface area contributed by atoms with Crippen molar-refractivity contribution in [2.75, 3.05) is 90.4 Å². The van der Waals surface area contributed by atoms with Gasteiger partial charge in [0.1, 0.15) is 17.9 Å². The number of nitrogens with one attached hydrogen (secondary N) is 2. The molecule has 5 aliphatic rings. The van der Waals surface area contributed by atoms with Crippen LogP contribution in [0.1, 0.15) is 49.6 Å². The first-order valence-electron chi connectivity index (χ1n) is 22.7. The summed E-state index contributed by atoms with van der Waals surface area (Å²) < 4.78 is 13.4. The van der Waals surface area contributed by atoms with Crippen molar-refractivity contribution in [2.45, 2.75) is 65.1 Å². The summed E-state index contributed by atoms with van der Waals surface area (Å²) in [5.41, 5.74) is 7.61. The fourth-order valence-electron chi connectivity index (χ4n) is 9.46. The van der Waals surface area contributed by atoms with E-state index in [2.05, 4.69) is 52.5 Å². The lowest BCUT2D eigenvalue weighted by Crippen LogP contribution is -2.63. The van der Waals surface area contributed by atoms with Gasteiger partial charge in [-0.3, -0.25) is 34.3 Å². The third kappa shape index (κ3) is 8.50. The van der Waals surface area contributed by atoms with Crippen LogP contribution in [0.15, 0.2) is 54.9 Å². The Morgan fingerprint density at radius 1 is 0.924 bits per heavy atom. The van der Waals surface area contributed by atoms with Gasteiger partial charge in [0.2, 0.25) is 23.6 Å². The monoisotopic (exact) mass is 897 g/mol. The number of hydrogen-bond donors (Lipinski definition) is 2. The predicted octanol–water partition coefficient (Wildman–Crippen LogP) is 4.53. The van der Waals surface area contributed by atoms with Gasteiger partial charge in [-0.25, -0.2) is 24.5 Å². The fourth-order valence-corrected chi connectivity index (χ4v) is 9.46.